The van der Waals surface area contributed by atoms with Gasteiger partial charge in [-0.25, -0.2) is 0 Å². The van der Waals surface area contributed by atoms with Gasteiger partial charge in [0.1, 0.15) is 5.84 Å². The van der Waals surface area contributed by atoms with Gasteiger partial charge >= 0.3 is 0 Å². The van der Waals surface area contributed by atoms with Crippen LogP contribution in [0.2, 0.25) is 0 Å². The number of nitrogens with two attached hydrogens (primary N) is 1. The molecule has 2 fully saturated rings. The number of amidine groups is 1. The van der Waals surface area contributed by atoms with Gasteiger partial charge in [-0.05, 0) is 50.0 Å². The Morgan fingerprint density at radius 1 is 1.37 bits per heavy atom. The van der Waals surface area contributed by atoms with Crippen LogP contribution in [0.5, 0.6) is 0 Å². The Kier molecular flexibility index (Phi) is 3.44. The molecule has 4 heteroatoms. The summed E-state index contributed by atoms with van der Waals surface area (Å²) in [5.41, 5.74) is 7.95. The molecule has 2 saturated carbocycles. The van der Waals surface area contributed by atoms with Gasteiger partial charge < -0.3 is 10.6 Å². The van der Waals surface area contributed by atoms with Crippen LogP contribution >= 0.6 is 11.8 Å². The highest BCUT2D eigenvalue weighted by molar-refractivity contribution is 7.98. The predicted molar refractivity (Wildman–Crippen MR) is 82.3 cm³/mol. The number of thioether (sulfide) groups is 1. The summed E-state index contributed by atoms with van der Waals surface area (Å²) in [6, 6.07) is 6.97. The number of hydrogen-bond acceptors (Lipinski definition) is 3. The molecule has 19 heavy (non-hydrogen) atoms. The van der Waals surface area contributed by atoms with Crippen molar-refractivity contribution in [1.82, 2.24) is 0 Å². The zero-order valence-corrected chi connectivity index (χ0v) is 12.2. The molecule has 0 unspecified atom stereocenters. The van der Waals surface area contributed by atoms with Crippen LogP contribution in [0.25, 0.3) is 0 Å². The minimum atomic E-state index is 0.196. The van der Waals surface area contributed by atoms with Gasteiger partial charge in [-0.1, -0.05) is 6.07 Å². The smallest absolute Gasteiger partial charge is 0.126 e. The summed E-state index contributed by atoms with van der Waals surface area (Å²) in [4.78, 5) is 3.63. The van der Waals surface area contributed by atoms with Crippen LogP contribution in [-0.4, -0.2) is 24.7 Å². The Labute approximate surface area is 119 Å². The summed E-state index contributed by atoms with van der Waals surface area (Å²) in [5, 5.41) is 7.91. The largest absolute Gasteiger partial charge is 0.384 e. The van der Waals surface area contributed by atoms with E-state index >= 15 is 0 Å². The van der Waals surface area contributed by atoms with E-state index in [9.17, 15) is 0 Å². The minimum Gasteiger partial charge on any atom is -0.384 e. The molecule has 0 amide bonds. The Morgan fingerprint density at radius 3 is 2.63 bits per heavy atom. The second-order valence-corrected chi connectivity index (χ2v) is 6.44. The molecule has 0 saturated heterocycles. The van der Waals surface area contributed by atoms with E-state index in [1.165, 1.54) is 31.4 Å². The molecule has 0 atom stereocenters. The molecule has 0 aliphatic heterocycles. The predicted octanol–water partition coefficient (Wildman–Crippen LogP) is 3.07. The van der Waals surface area contributed by atoms with E-state index in [4.69, 9.17) is 11.1 Å². The fraction of sp³-hybridized carbons (Fsp3) is 0.533. The average Bonchev–Trinajstić information content (AvgIpc) is 3.27. The lowest BCUT2D eigenvalue weighted by Gasteiger charge is -2.28. The van der Waals surface area contributed by atoms with E-state index in [1.807, 2.05) is 6.26 Å². The molecule has 0 bridgehead atoms. The van der Waals surface area contributed by atoms with Gasteiger partial charge in [-0.15, -0.1) is 11.8 Å². The Bertz CT molecular complexity index is 492. The molecular weight excluding hydrogens is 254 g/mol. The molecule has 0 spiro atoms. The summed E-state index contributed by atoms with van der Waals surface area (Å²) < 4.78 is 0. The molecule has 0 radical (unpaired) electrons. The fourth-order valence-corrected chi connectivity index (χ4v) is 3.24. The Balaban J connectivity index is 1.98. The van der Waals surface area contributed by atoms with Crippen molar-refractivity contribution in [3.05, 3.63) is 23.8 Å². The van der Waals surface area contributed by atoms with Crippen molar-refractivity contribution in [2.45, 2.75) is 36.6 Å². The molecule has 2 aliphatic carbocycles. The van der Waals surface area contributed by atoms with Crippen molar-refractivity contribution in [1.29, 1.82) is 5.41 Å². The third-order valence-electron chi connectivity index (χ3n) is 3.94. The van der Waals surface area contributed by atoms with Gasteiger partial charge in [0, 0.05) is 23.2 Å². The van der Waals surface area contributed by atoms with Crippen LogP contribution in [0.1, 0.15) is 31.2 Å². The molecule has 1 aromatic carbocycles. The van der Waals surface area contributed by atoms with E-state index in [1.54, 1.807) is 11.8 Å². The molecule has 1 aromatic rings. The van der Waals surface area contributed by atoms with Gasteiger partial charge in [-0.3, -0.25) is 5.41 Å². The van der Waals surface area contributed by atoms with E-state index in [2.05, 4.69) is 23.1 Å². The first-order valence-electron chi connectivity index (χ1n) is 6.98. The lowest BCUT2D eigenvalue weighted by molar-refractivity contribution is 0.717. The van der Waals surface area contributed by atoms with Crippen molar-refractivity contribution >= 4 is 23.3 Å². The summed E-state index contributed by atoms with van der Waals surface area (Å²) >= 11 is 1.67. The minimum absolute atomic E-state index is 0.196. The maximum absolute atomic E-state index is 7.91. The van der Waals surface area contributed by atoms with Crippen LogP contribution < -0.4 is 10.6 Å². The van der Waals surface area contributed by atoms with Crippen LogP contribution in [-0.2, 0) is 0 Å². The highest BCUT2D eigenvalue weighted by atomic mass is 32.2. The summed E-state index contributed by atoms with van der Waals surface area (Å²) in [7, 11) is 0. The summed E-state index contributed by atoms with van der Waals surface area (Å²) in [5.74, 6) is 1.06. The van der Waals surface area contributed by atoms with E-state index < -0.39 is 0 Å². The van der Waals surface area contributed by atoms with E-state index in [0.29, 0.717) is 6.04 Å². The van der Waals surface area contributed by atoms with Crippen molar-refractivity contribution < 1.29 is 0 Å². The lowest BCUT2D eigenvalue weighted by atomic mass is 10.1. The van der Waals surface area contributed by atoms with Crippen molar-refractivity contribution in [3.8, 4) is 0 Å². The second kappa shape index (κ2) is 5.08. The number of anilines is 1. The van der Waals surface area contributed by atoms with Crippen molar-refractivity contribution in [2.75, 3.05) is 17.7 Å². The third-order valence-corrected chi connectivity index (χ3v) is 4.72. The Hall–Kier alpha value is -1.16. The van der Waals surface area contributed by atoms with Crippen molar-refractivity contribution in [2.24, 2.45) is 11.7 Å². The summed E-state index contributed by atoms with van der Waals surface area (Å²) in [6.45, 7) is 1.14. The fourth-order valence-electron chi connectivity index (χ4n) is 2.61. The third kappa shape index (κ3) is 2.73. The number of nitrogens with one attached hydrogen (secondary N) is 1. The summed E-state index contributed by atoms with van der Waals surface area (Å²) in [6.07, 6.45) is 7.34. The first-order valence-corrected chi connectivity index (χ1v) is 8.21. The molecule has 3 rings (SSSR count). The molecular formula is C15H21N3S. The zero-order valence-electron chi connectivity index (χ0n) is 11.4. The first kappa shape index (κ1) is 12.9. The maximum Gasteiger partial charge on any atom is 0.126 e. The first-order chi connectivity index (χ1) is 9.20. The van der Waals surface area contributed by atoms with Gasteiger partial charge in [0.05, 0.1) is 5.56 Å². The number of rotatable bonds is 6. The van der Waals surface area contributed by atoms with Gasteiger partial charge in [0.2, 0.25) is 0 Å². The Morgan fingerprint density at radius 2 is 2.11 bits per heavy atom. The normalized spacial score (nSPS) is 18.4. The highest BCUT2D eigenvalue weighted by Gasteiger charge is 2.35. The van der Waals surface area contributed by atoms with Crippen LogP contribution in [0.4, 0.5) is 5.69 Å². The quantitative estimate of drug-likeness (QED) is 0.476. The van der Waals surface area contributed by atoms with Gasteiger partial charge in [-0.2, -0.15) is 0 Å². The second-order valence-electron chi connectivity index (χ2n) is 5.59. The van der Waals surface area contributed by atoms with Gasteiger partial charge in [0.15, 0.2) is 0 Å². The molecule has 3 N–H and O–H groups in total. The maximum atomic E-state index is 7.91. The topological polar surface area (TPSA) is 53.1 Å². The van der Waals surface area contributed by atoms with Crippen LogP contribution in [0.15, 0.2) is 23.1 Å². The number of benzene rings is 1. The van der Waals surface area contributed by atoms with Crippen LogP contribution in [0, 0.1) is 11.3 Å². The zero-order chi connectivity index (χ0) is 13.4. The lowest BCUT2D eigenvalue weighted by Crippen LogP contribution is -2.30. The number of nitrogen functional groups attached to an aromatic ring is 1. The molecule has 2 aliphatic rings. The van der Waals surface area contributed by atoms with E-state index in [-0.39, 0.29) is 5.84 Å². The van der Waals surface area contributed by atoms with E-state index in [0.717, 1.165) is 22.9 Å². The number of nitrogens with zero attached hydrogens (tertiary/aromatic N) is 1. The monoisotopic (exact) mass is 275 g/mol. The average molecular weight is 275 g/mol. The van der Waals surface area contributed by atoms with Gasteiger partial charge in [0.25, 0.3) is 0 Å². The highest BCUT2D eigenvalue weighted by Crippen LogP contribution is 2.40. The SMILES string of the molecule is CSc1cccc(N(CC2CC2)C2CC2)c1C(=N)N. The van der Waals surface area contributed by atoms with Crippen LogP contribution in [0.3, 0.4) is 0 Å². The molecule has 0 aromatic heterocycles. The standard InChI is InChI=1S/C15H21N3S/c1-19-13-4-2-3-12(14(13)15(16)17)18(11-7-8-11)9-10-5-6-10/h2-4,10-11H,5-9H2,1H3,(H3,16,17). The molecule has 102 valence electrons. The van der Waals surface area contributed by atoms with Crippen molar-refractivity contribution in [3.63, 3.8) is 0 Å². The number of hydrogen-bond donors (Lipinski definition) is 2. The molecule has 3 nitrogen and oxygen atoms in total. The molecule has 0 heterocycles.